The van der Waals surface area contributed by atoms with Crippen molar-refractivity contribution in [3.63, 3.8) is 0 Å². The zero-order valence-corrected chi connectivity index (χ0v) is 12.9. The van der Waals surface area contributed by atoms with E-state index in [9.17, 15) is 9.59 Å². The minimum atomic E-state index is -0.254. The van der Waals surface area contributed by atoms with Gasteiger partial charge in [-0.25, -0.2) is 4.68 Å². The summed E-state index contributed by atoms with van der Waals surface area (Å²) >= 11 is 1.89. The second-order valence-electron chi connectivity index (χ2n) is 4.71. The highest BCUT2D eigenvalue weighted by Crippen LogP contribution is 2.02. The van der Waals surface area contributed by atoms with Gasteiger partial charge in [-0.05, 0) is 36.5 Å². The Morgan fingerprint density at radius 3 is 3.10 bits per heavy atom. The lowest BCUT2D eigenvalue weighted by Gasteiger charge is -2.07. The topological polar surface area (TPSA) is 68.4 Å². The molecule has 0 spiro atoms. The molecule has 0 saturated carbocycles. The molecule has 2 rings (SSSR count). The smallest absolute Gasteiger partial charge is 0.291 e. The Bertz CT molecular complexity index is 650. The van der Waals surface area contributed by atoms with Crippen molar-refractivity contribution < 1.29 is 4.79 Å². The molecule has 6 nitrogen and oxygen atoms in total. The van der Waals surface area contributed by atoms with E-state index in [4.69, 9.17) is 0 Å². The van der Waals surface area contributed by atoms with Crippen LogP contribution in [0.25, 0.3) is 5.52 Å². The molecular formula is C14H20N4O2S. The normalized spacial score (nSPS) is 10.9. The lowest BCUT2D eigenvalue weighted by molar-refractivity contribution is -0.121. The fourth-order valence-corrected chi connectivity index (χ4v) is 2.77. The predicted octanol–water partition coefficient (Wildman–Crippen LogP) is 1.15. The van der Waals surface area contributed by atoms with Gasteiger partial charge in [0.05, 0.1) is 0 Å². The maximum atomic E-state index is 12.1. The van der Waals surface area contributed by atoms with Gasteiger partial charge in [-0.15, -0.1) is 0 Å². The number of rotatable bonds is 8. The van der Waals surface area contributed by atoms with Crippen LogP contribution >= 0.6 is 11.8 Å². The minimum absolute atomic E-state index is 0.0391. The molecule has 1 N–H and O–H groups in total. The van der Waals surface area contributed by atoms with E-state index in [1.165, 1.54) is 17.4 Å². The summed E-state index contributed by atoms with van der Waals surface area (Å²) in [5.74, 6) is 2.02. The van der Waals surface area contributed by atoms with Gasteiger partial charge in [-0.3, -0.25) is 9.59 Å². The largest absolute Gasteiger partial charge is 0.354 e. The van der Waals surface area contributed by atoms with Gasteiger partial charge in [0.1, 0.15) is 18.4 Å². The third-order valence-electron chi connectivity index (χ3n) is 2.98. The van der Waals surface area contributed by atoms with Crippen molar-refractivity contribution >= 4 is 23.2 Å². The van der Waals surface area contributed by atoms with Gasteiger partial charge in [0.2, 0.25) is 5.91 Å². The molecule has 2 aromatic rings. The van der Waals surface area contributed by atoms with E-state index < -0.39 is 0 Å². The molecule has 0 aromatic carbocycles. The number of carbonyl (C=O) groups excluding carboxylic acids is 1. The van der Waals surface area contributed by atoms with Crippen LogP contribution in [0.3, 0.4) is 0 Å². The molecule has 0 atom stereocenters. The average molecular weight is 308 g/mol. The van der Waals surface area contributed by atoms with E-state index in [0.29, 0.717) is 12.1 Å². The lowest BCUT2D eigenvalue weighted by Crippen LogP contribution is -2.34. The van der Waals surface area contributed by atoms with Gasteiger partial charge >= 0.3 is 0 Å². The summed E-state index contributed by atoms with van der Waals surface area (Å²) in [7, 11) is 0. The number of amides is 1. The van der Waals surface area contributed by atoms with Crippen LogP contribution in [-0.4, -0.2) is 38.1 Å². The van der Waals surface area contributed by atoms with Crippen LogP contribution in [0.4, 0.5) is 0 Å². The molecule has 0 aliphatic carbocycles. The Morgan fingerprint density at radius 2 is 2.29 bits per heavy atom. The van der Waals surface area contributed by atoms with Crippen molar-refractivity contribution in [3.8, 4) is 0 Å². The van der Waals surface area contributed by atoms with Gasteiger partial charge < -0.3 is 9.72 Å². The van der Waals surface area contributed by atoms with Gasteiger partial charge in [0.25, 0.3) is 5.56 Å². The van der Waals surface area contributed by atoms with Crippen LogP contribution in [0.1, 0.15) is 19.8 Å². The molecule has 0 saturated heterocycles. The molecule has 114 valence electrons. The van der Waals surface area contributed by atoms with Crippen molar-refractivity contribution in [2.45, 2.75) is 26.3 Å². The van der Waals surface area contributed by atoms with Crippen LogP contribution in [-0.2, 0) is 11.3 Å². The molecule has 0 fully saturated rings. The quantitative estimate of drug-likeness (QED) is 0.743. The van der Waals surface area contributed by atoms with Gasteiger partial charge in [0.15, 0.2) is 0 Å². The SMILES string of the molecule is CCCSCCCNC(=O)Cn1ncn2cccc2c1=O. The summed E-state index contributed by atoms with van der Waals surface area (Å²) in [6, 6.07) is 3.49. The molecule has 2 aromatic heterocycles. The molecule has 0 aliphatic heterocycles. The summed E-state index contributed by atoms with van der Waals surface area (Å²) in [5.41, 5.74) is 0.268. The molecule has 2 heterocycles. The van der Waals surface area contributed by atoms with E-state index in [0.717, 1.165) is 17.9 Å². The maximum absolute atomic E-state index is 12.1. The van der Waals surface area contributed by atoms with Gasteiger partial charge in [-0.2, -0.15) is 16.9 Å². The van der Waals surface area contributed by atoms with Crippen molar-refractivity contribution in [1.29, 1.82) is 0 Å². The fraction of sp³-hybridized carbons (Fsp3) is 0.500. The lowest BCUT2D eigenvalue weighted by atomic mass is 10.4. The standard InChI is InChI=1S/C14H20N4O2S/c1-2-8-21-9-4-6-15-13(19)10-18-14(20)12-5-3-7-17(12)11-16-18/h3,5,7,11H,2,4,6,8-10H2,1H3,(H,15,19). The van der Waals surface area contributed by atoms with Crippen LogP contribution in [0.5, 0.6) is 0 Å². The highest BCUT2D eigenvalue weighted by atomic mass is 32.2. The van der Waals surface area contributed by atoms with Crippen LogP contribution in [0, 0.1) is 0 Å². The highest BCUT2D eigenvalue weighted by molar-refractivity contribution is 7.99. The summed E-state index contributed by atoms with van der Waals surface area (Å²) in [6.07, 6.45) is 5.40. The number of thioether (sulfide) groups is 1. The van der Waals surface area contributed by atoms with E-state index in [1.807, 2.05) is 11.8 Å². The Morgan fingerprint density at radius 1 is 1.43 bits per heavy atom. The molecule has 7 heteroatoms. The Labute approximate surface area is 127 Å². The second-order valence-corrected chi connectivity index (χ2v) is 5.94. The molecule has 0 aliphatic rings. The van der Waals surface area contributed by atoms with Crippen LogP contribution < -0.4 is 10.9 Å². The number of hydrogen-bond donors (Lipinski definition) is 1. The van der Waals surface area contributed by atoms with Crippen molar-refractivity contribution in [3.05, 3.63) is 35.0 Å². The predicted molar refractivity (Wildman–Crippen MR) is 84.7 cm³/mol. The summed E-state index contributed by atoms with van der Waals surface area (Å²) in [5, 5.41) is 6.81. The number of nitrogens with one attached hydrogen (secondary N) is 1. The molecular weight excluding hydrogens is 288 g/mol. The van der Waals surface area contributed by atoms with E-state index >= 15 is 0 Å². The minimum Gasteiger partial charge on any atom is -0.354 e. The Hall–Kier alpha value is -1.76. The number of nitrogens with zero attached hydrogens (tertiary/aromatic N) is 3. The first-order chi connectivity index (χ1) is 10.2. The molecule has 0 radical (unpaired) electrons. The number of fused-ring (bicyclic) bond motifs is 1. The van der Waals surface area contributed by atoms with E-state index in [2.05, 4.69) is 17.3 Å². The number of hydrogen-bond acceptors (Lipinski definition) is 4. The van der Waals surface area contributed by atoms with Crippen molar-refractivity contribution in [1.82, 2.24) is 19.5 Å². The summed E-state index contributed by atoms with van der Waals surface area (Å²) < 4.78 is 2.83. The number of carbonyl (C=O) groups is 1. The third kappa shape index (κ3) is 4.35. The van der Waals surface area contributed by atoms with Crippen molar-refractivity contribution in [2.24, 2.45) is 0 Å². The first-order valence-electron chi connectivity index (χ1n) is 7.09. The van der Waals surface area contributed by atoms with Gasteiger partial charge in [-0.1, -0.05) is 6.92 Å². The Kier molecular flexibility index (Phi) is 5.86. The molecule has 21 heavy (non-hydrogen) atoms. The molecule has 0 bridgehead atoms. The van der Waals surface area contributed by atoms with Crippen LogP contribution in [0.2, 0.25) is 0 Å². The fourth-order valence-electron chi connectivity index (χ4n) is 1.93. The summed E-state index contributed by atoms with van der Waals surface area (Å²) in [6.45, 7) is 2.75. The average Bonchev–Trinajstić information content (AvgIpc) is 2.95. The van der Waals surface area contributed by atoms with E-state index in [-0.39, 0.29) is 18.0 Å². The first-order valence-corrected chi connectivity index (χ1v) is 8.25. The number of aromatic nitrogens is 3. The summed E-state index contributed by atoms with van der Waals surface area (Å²) in [4.78, 5) is 23.9. The van der Waals surface area contributed by atoms with Crippen LogP contribution in [0.15, 0.2) is 29.5 Å². The monoisotopic (exact) mass is 308 g/mol. The zero-order chi connectivity index (χ0) is 15.1. The zero-order valence-electron chi connectivity index (χ0n) is 12.1. The third-order valence-corrected chi connectivity index (χ3v) is 4.25. The first kappa shape index (κ1) is 15.6. The molecule has 1 amide bonds. The maximum Gasteiger partial charge on any atom is 0.291 e. The second kappa shape index (κ2) is 7.87. The van der Waals surface area contributed by atoms with Crippen molar-refractivity contribution in [2.75, 3.05) is 18.1 Å². The van der Waals surface area contributed by atoms with E-state index in [1.54, 1.807) is 22.7 Å². The van der Waals surface area contributed by atoms with Gasteiger partial charge in [0, 0.05) is 12.7 Å². The highest BCUT2D eigenvalue weighted by Gasteiger charge is 2.07. The molecule has 0 unspecified atom stereocenters. The Balaban J connectivity index is 1.81.